The van der Waals surface area contributed by atoms with Gasteiger partial charge in [-0.05, 0) is 30.2 Å². The van der Waals surface area contributed by atoms with Crippen molar-refractivity contribution >= 4 is 22.5 Å². The number of hydrogen-bond donors (Lipinski definition) is 2. The first-order valence-corrected chi connectivity index (χ1v) is 6.00. The van der Waals surface area contributed by atoms with Gasteiger partial charge in [-0.1, -0.05) is 19.9 Å². The van der Waals surface area contributed by atoms with E-state index in [2.05, 4.69) is 10.3 Å². The number of nitrogens with zero attached hydrogens (tertiary/aromatic N) is 1. The molecule has 0 aliphatic heterocycles. The molecule has 0 aliphatic carbocycles. The van der Waals surface area contributed by atoms with Gasteiger partial charge in [0.25, 0.3) is 0 Å². The SMILES string of the molecule is CC(C)[C@@H](N)C(=O)Nc1cccc2ncccc12. The van der Waals surface area contributed by atoms with E-state index >= 15 is 0 Å². The Kier molecular flexibility index (Phi) is 3.58. The van der Waals surface area contributed by atoms with Crippen LogP contribution >= 0.6 is 0 Å². The van der Waals surface area contributed by atoms with Crippen molar-refractivity contribution in [3.8, 4) is 0 Å². The molecule has 0 fully saturated rings. The molecule has 0 saturated carbocycles. The molecule has 18 heavy (non-hydrogen) atoms. The monoisotopic (exact) mass is 243 g/mol. The van der Waals surface area contributed by atoms with Gasteiger partial charge in [0.15, 0.2) is 0 Å². The molecule has 2 aromatic rings. The zero-order valence-corrected chi connectivity index (χ0v) is 10.6. The smallest absolute Gasteiger partial charge is 0.241 e. The van der Waals surface area contributed by atoms with Gasteiger partial charge in [-0.2, -0.15) is 0 Å². The molecule has 4 nitrogen and oxygen atoms in total. The van der Waals surface area contributed by atoms with Gasteiger partial charge >= 0.3 is 0 Å². The molecular weight excluding hydrogens is 226 g/mol. The second-order valence-electron chi connectivity index (χ2n) is 4.63. The van der Waals surface area contributed by atoms with Crippen LogP contribution in [0.2, 0.25) is 0 Å². The molecule has 0 aliphatic rings. The van der Waals surface area contributed by atoms with Crippen LogP contribution in [0.5, 0.6) is 0 Å². The van der Waals surface area contributed by atoms with Crippen molar-refractivity contribution in [2.24, 2.45) is 11.7 Å². The van der Waals surface area contributed by atoms with Crippen molar-refractivity contribution in [2.75, 3.05) is 5.32 Å². The van der Waals surface area contributed by atoms with Crippen LogP contribution in [0.3, 0.4) is 0 Å². The van der Waals surface area contributed by atoms with Gasteiger partial charge in [0, 0.05) is 11.6 Å². The average molecular weight is 243 g/mol. The minimum Gasteiger partial charge on any atom is -0.324 e. The number of anilines is 1. The summed E-state index contributed by atoms with van der Waals surface area (Å²) < 4.78 is 0. The number of amides is 1. The molecule has 0 bridgehead atoms. The third kappa shape index (κ3) is 2.49. The summed E-state index contributed by atoms with van der Waals surface area (Å²) in [6.45, 7) is 3.85. The second kappa shape index (κ2) is 5.14. The van der Waals surface area contributed by atoms with Crippen LogP contribution in [0.1, 0.15) is 13.8 Å². The third-order valence-corrected chi connectivity index (χ3v) is 2.92. The highest BCUT2D eigenvalue weighted by atomic mass is 16.2. The molecule has 1 aromatic carbocycles. The highest BCUT2D eigenvalue weighted by Crippen LogP contribution is 2.21. The van der Waals surface area contributed by atoms with Crippen LogP contribution in [-0.2, 0) is 4.79 Å². The zero-order valence-electron chi connectivity index (χ0n) is 10.6. The largest absolute Gasteiger partial charge is 0.324 e. The van der Waals surface area contributed by atoms with Gasteiger partial charge in [0.1, 0.15) is 0 Å². The predicted octanol–water partition coefficient (Wildman–Crippen LogP) is 2.16. The summed E-state index contributed by atoms with van der Waals surface area (Å²) >= 11 is 0. The van der Waals surface area contributed by atoms with Crippen molar-refractivity contribution in [2.45, 2.75) is 19.9 Å². The second-order valence-corrected chi connectivity index (χ2v) is 4.63. The summed E-state index contributed by atoms with van der Waals surface area (Å²) in [6.07, 6.45) is 1.73. The standard InChI is InChI=1S/C14H17N3O/c1-9(2)13(15)14(18)17-12-7-3-6-11-10(12)5-4-8-16-11/h3-9,13H,15H2,1-2H3,(H,17,18)/t13-/m1/s1. The fraction of sp³-hybridized carbons (Fsp3) is 0.286. The number of rotatable bonds is 3. The number of nitrogens with one attached hydrogen (secondary N) is 1. The number of carbonyl (C=O) groups excluding carboxylic acids is 1. The zero-order chi connectivity index (χ0) is 13.1. The van der Waals surface area contributed by atoms with Crippen LogP contribution in [0.25, 0.3) is 10.9 Å². The molecule has 0 radical (unpaired) electrons. The summed E-state index contributed by atoms with van der Waals surface area (Å²) in [5, 5.41) is 3.78. The Balaban J connectivity index is 2.30. The Morgan fingerprint density at radius 3 is 2.78 bits per heavy atom. The Bertz CT molecular complexity index is 560. The van der Waals surface area contributed by atoms with E-state index in [1.54, 1.807) is 6.20 Å². The predicted molar refractivity (Wildman–Crippen MR) is 73.2 cm³/mol. The first-order chi connectivity index (χ1) is 8.59. The summed E-state index contributed by atoms with van der Waals surface area (Å²) in [4.78, 5) is 16.2. The highest BCUT2D eigenvalue weighted by molar-refractivity contribution is 6.02. The third-order valence-electron chi connectivity index (χ3n) is 2.92. The molecule has 1 atom stereocenters. The minimum absolute atomic E-state index is 0.109. The lowest BCUT2D eigenvalue weighted by atomic mass is 10.0. The van der Waals surface area contributed by atoms with Crippen molar-refractivity contribution in [1.82, 2.24) is 4.98 Å². The van der Waals surface area contributed by atoms with E-state index in [4.69, 9.17) is 5.73 Å². The van der Waals surface area contributed by atoms with Crippen molar-refractivity contribution < 1.29 is 4.79 Å². The fourth-order valence-corrected chi connectivity index (χ4v) is 1.73. The maximum absolute atomic E-state index is 11.9. The molecule has 1 aromatic heterocycles. The maximum Gasteiger partial charge on any atom is 0.241 e. The number of hydrogen-bond acceptors (Lipinski definition) is 3. The van der Waals surface area contributed by atoms with E-state index in [0.29, 0.717) is 0 Å². The molecule has 0 unspecified atom stereocenters. The maximum atomic E-state index is 11.9. The quantitative estimate of drug-likeness (QED) is 0.868. The summed E-state index contributed by atoms with van der Waals surface area (Å²) in [7, 11) is 0. The fourth-order valence-electron chi connectivity index (χ4n) is 1.73. The molecular formula is C14H17N3O. The Morgan fingerprint density at radius 1 is 1.28 bits per heavy atom. The lowest BCUT2D eigenvalue weighted by Gasteiger charge is -2.16. The van der Waals surface area contributed by atoms with E-state index in [1.807, 2.05) is 44.2 Å². The van der Waals surface area contributed by atoms with E-state index in [9.17, 15) is 4.79 Å². The van der Waals surface area contributed by atoms with Gasteiger partial charge in [0.2, 0.25) is 5.91 Å². The molecule has 1 heterocycles. The molecule has 3 N–H and O–H groups in total. The van der Waals surface area contributed by atoms with Crippen molar-refractivity contribution in [3.63, 3.8) is 0 Å². The topological polar surface area (TPSA) is 68.0 Å². The molecule has 0 saturated heterocycles. The Morgan fingerprint density at radius 2 is 2.06 bits per heavy atom. The Hall–Kier alpha value is -1.94. The average Bonchev–Trinajstić information content (AvgIpc) is 2.38. The van der Waals surface area contributed by atoms with Crippen molar-refractivity contribution in [3.05, 3.63) is 36.5 Å². The Labute approximate surface area is 106 Å². The van der Waals surface area contributed by atoms with Crippen LogP contribution in [0.15, 0.2) is 36.5 Å². The summed E-state index contributed by atoms with van der Waals surface area (Å²) in [5.74, 6) is -0.0561. The first kappa shape index (κ1) is 12.5. The minimum atomic E-state index is -0.503. The van der Waals surface area contributed by atoms with Crippen LogP contribution in [0.4, 0.5) is 5.69 Å². The lowest BCUT2D eigenvalue weighted by Crippen LogP contribution is -2.39. The van der Waals surface area contributed by atoms with E-state index in [0.717, 1.165) is 16.6 Å². The number of fused-ring (bicyclic) bond motifs is 1. The van der Waals surface area contributed by atoms with Gasteiger partial charge in [-0.3, -0.25) is 9.78 Å². The van der Waals surface area contributed by atoms with Crippen LogP contribution in [0, 0.1) is 5.92 Å². The highest BCUT2D eigenvalue weighted by Gasteiger charge is 2.17. The van der Waals surface area contributed by atoms with Crippen LogP contribution < -0.4 is 11.1 Å². The van der Waals surface area contributed by atoms with Crippen molar-refractivity contribution in [1.29, 1.82) is 0 Å². The van der Waals surface area contributed by atoms with E-state index in [1.165, 1.54) is 0 Å². The number of aromatic nitrogens is 1. The molecule has 4 heteroatoms. The van der Waals surface area contributed by atoms with Gasteiger partial charge in [0.05, 0.1) is 17.2 Å². The number of benzene rings is 1. The molecule has 1 amide bonds. The summed E-state index contributed by atoms with van der Waals surface area (Å²) in [6, 6.07) is 8.91. The number of nitrogens with two attached hydrogens (primary N) is 1. The summed E-state index contributed by atoms with van der Waals surface area (Å²) in [5.41, 5.74) is 7.43. The number of carbonyl (C=O) groups is 1. The molecule has 94 valence electrons. The van der Waals surface area contributed by atoms with E-state index in [-0.39, 0.29) is 11.8 Å². The lowest BCUT2D eigenvalue weighted by molar-refractivity contribution is -0.118. The molecule has 2 rings (SSSR count). The first-order valence-electron chi connectivity index (χ1n) is 6.00. The van der Waals surface area contributed by atoms with Gasteiger partial charge in [-0.25, -0.2) is 0 Å². The van der Waals surface area contributed by atoms with Crippen LogP contribution in [-0.4, -0.2) is 16.9 Å². The van der Waals surface area contributed by atoms with E-state index < -0.39 is 6.04 Å². The normalized spacial score (nSPS) is 12.7. The molecule has 0 spiro atoms. The van der Waals surface area contributed by atoms with Gasteiger partial charge in [-0.15, -0.1) is 0 Å². The number of pyridine rings is 1. The van der Waals surface area contributed by atoms with Gasteiger partial charge < -0.3 is 11.1 Å².